The van der Waals surface area contributed by atoms with Gasteiger partial charge in [-0.15, -0.1) is 11.3 Å². The number of nitrogens with one attached hydrogen (secondary N) is 2. The van der Waals surface area contributed by atoms with Crippen LogP contribution in [0.1, 0.15) is 32.5 Å². The third-order valence-electron chi connectivity index (χ3n) is 3.70. The van der Waals surface area contributed by atoms with E-state index in [0.717, 1.165) is 10.0 Å². The highest BCUT2D eigenvalue weighted by molar-refractivity contribution is 9.10. The molecule has 5 nitrogen and oxygen atoms in total. The molecule has 0 saturated heterocycles. The van der Waals surface area contributed by atoms with E-state index in [1.165, 1.54) is 11.3 Å². The number of benzene rings is 2. The number of nitrogens with zero attached hydrogens (tertiary/aromatic N) is 1. The predicted molar refractivity (Wildman–Crippen MR) is 113 cm³/mol. The largest absolute Gasteiger partial charge is 0.321 e. The SMILES string of the molecule is C/C(=N/NC(=O)c1cccc(Br)c1)c1cccc(NC(=O)c2cccs2)c1. The van der Waals surface area contributed by atoms with Crippen LogP contribution in [0.2, 0.25) is 0 Å². The van der Waals surface area contributed by atoms with Gasteiger partial charge in [-0.3, -0.25) is 9.59 Å². The fourth-order valence-electron chi connectivity index (χ4n) is 2.32. The van der Waals surface area contributed by atoms with Crippen molar-refractivity contribution in [3.8, 4) is 0 Å². The predicted octanol–water partition coefficient (Wildman–Crippen LogP) is 4.92. The summed E-state index contributed by atoms with van der Waals surface area (Å²) in [5, 5.41) is 8.88. The Balaban J connectivity index is 1.69. The molecule has 27 heavy (non-hydrogen) atoms. The summed E-state index contributed by atoms with van der Waals surface area (Å²) in [5.74, 6) is -0.447. The number of carbonyl (C=O) groups excluding carboxylic acids is 2. The second kappa shape index (κ2) is 8.75. The molecule has 0 aliphatic rings. The van der Waals surface area contributed by atoms with Crippen LogP contribution in [0.5, 0.6) is 0 Å². The quantitative estimate of drug-likeness (QED) is 0.435. The number of halogens is 1. The highest BCUT2D eigenvalue weighted by Gasteiger charge is 2.08. The van der Waals surface area contributed by atoms with Crippen molar-refractivity contribution in [3.05, 3.63) is 86.5 Å². The zero-order valence-electron chi connectivity index (χ0n) is 14.4. The van der Waals surface area contributed by atoms with Crippen LogP contribution < -0.4 is 10.7 Å². The molecule has 136 valence electrons. The van der Waals surface area contributed by atoms with Gasteiger partial charge in [0.15, 0.2) is 0 Å². The van der Waals surface area contributed by atoms with E-state index in [4.69, 9.17) is 0 Å². The van der Waals surface area contributed by atoms with E-state index in [1.807, 2.05) is 41.8 Å². The fraction of sp³-hybridized carbons (Fsp3) is 0.0500. The van der Waals surface area contributed by atoms with Gasteiger partial charge in [0, 0.05) is 15.7 Å². The first-order chi connectivity index (χ1) is 13.0. The minimum atomic E-state index is -0.294. The lowest BCUT2D eigenvalue weighted by molar-refractivity contribution is 0.0954. The molecular formula is C20H16BrN3O2S. The summed E-state index contributed by atoms with van der Waals surface area (Å²) < 4.78 is 0.824. The Morgan fingerprint density at radius 3 is 2.48 bits per heavy atom. The Morgan fingerprint density at radius 1 is 0.963 bits per heavy atom. The van der Waals surface area contributed by atoms with Gasteiger partial charge >= 0.3 is 0 Å². The Bertz CT molecular complexity index is 1000. The van der Waals surface area contributed by atoms with Gasteiger partial charge in [0.25, 0.3) is 11.8 Å². The summed E-state index contributed by atoms with van der Waals surface area (Å²) in [6, 6.07) is 18.0. The molecule has 2 N–H and O–H groups in total. The minimum absolute atomic E-state index is 0.153. The molecule has 2 aromatic carbocycles. The molecule has 1 heterocycles. The van der Waals surface area contributed by atoms with Gasteiger partial charge in [-0.2, -0.15) is 5.10 Å². The smallest absolute Gasteiger partial charge is 0.271 e. The number of rotatable bonds is 5. The number of hydrogen-bond donors (Lipinski definition) is 2. The van der Waals surface area contributed by atoms with Crippen molar-refractivity contribution >= 4 is 50.5 Å². The lowest BCUT2D eigenvalue weighted by atomic mass is 10.1. The van der Waals surface area contributed by atoms with E-state index in [2.05, 4.69) is 31.8 Å². The molecule has 0 unspecified atom stereocenters. The number of hydrazone groups is 1. The molecule has 0 radical (unpaired) electrons. The van der Waals surface area contributed by atoms with Crippen molar-refractivity contribution < 1.29 is 9.59 Å². The molecule has 0 atom stereocenters. The van der Waals surface area contributed by atoms with Gasteiger partial charge in [-0.1, -0.05) is 40.2 Å². The second-order valence-electron chi connectivity index (χ2n) is 5.66. The molecule has 3 rings (SSSR count). The summed E-state index contributed by atoms with van der Waals surface area (Å²) in [5.41, 5.74) is 5.16. The average molecular weight is 442 g/mol. The summed E-state index contributed by atoms with van der Waals surface area (Å²) in [7, 11) is 0. The lowest BCUT2D eigenvalue weighted by Gasteiger charge is -2.07. The Kier molecular flexibility index (Phi) is 6.16. The zero-order chi connectivity index (χ0) is 19.2. The molecule has 0 saturated carbocycles. The first kappa shape index (κ1) is 19.0. The topological polar surface area (TPSA) is 70.6 Å². The second-order valence-corrected chi connectivity index (χ2v) is 7.52. The van der Waals surface area contributed by atoms with E-state index < -0.39 is 0 Å². The lowest BCUT2D eigenvalue weighted by Crippen LogP contribution is -2.19. The van der Waals surface area contributed by atoms with Gasteiger partial charge in [-0.25, -0.2) is 5.43 Å². The van der Waals surface area contributed by atoms with Crippen LogP contribution in [0.3, 0.4) is 0 Å². The van der Waals surface area contributed by atoms with Gasteiger partial charge in [0.1, 0.15) is 0 Å². The van der Waals surface area contributed by atoms with Crippen molar-refractivity contribution in [2.45, 2.75) is 6.92 Å². The monoisotopic (exact) mass is 441 g/mol. The van der Waals surface area contributed by atoms with Crippen molar-refractivity contribution in [2.24, 2.45) is 5.10 Å². The maximum absolute atomic E-state index is 12.2. The van der Waals surface area contributed by atoms with E-state index in [1.54, 1.807) is 31.2 Å². The first-order valence-corrected chi connectivity index (χ1v) is 9.75. The standard InChI is InChI=1S/C20H16BrN3O2S/c1-13(23-24-19(25)15-6-2-7-16(21)11-15)14-5-3-8-17(12-14)22-20(26)18-9-4-10-27-18/h2-12H,1H3,(H,22,26)(H,24,25)/b23-13-. The van der Waals surface area contributed by atoms with E-state index in [-0.39, 0.29) is 11.8 Å². The van der Waals surface area contributed by atoms with Crippen LogP contribution in [0.25, 0.3) is 0 Å². The minimum Gasteiger partial charge on any atom is -0.321 e. The third-order valence-corrected chi connectivity index (χ3v) is 5.06. The molecule has 2 amide bonds. The molecule has 0 bridgehead atoms. The number of hydrogen-bond acceptors (Lipinski definition) is 4. The molecule has 0 aliphatic carbocycles. The van der Waals surface area contributed by atoms with Crippen molar-refractivity contribution in [1.82, 2.24) is 5.43 Å². The van der Waals surface area contributed by atoms with Gasteiger partial charge in [-0.05, 0) is 54.3 Å². The van der Waals surface area contributed by atoms with Crippen LogP contribution >= 0.6 is 27.3 Å². The molecule has 0 aliphatic heterocycles. The number of amides is 2. The zero-order valence-corrected chi connectivity index (χ0v) is 16.8. The normalized spacial score (nSPS) is 11.1. The molecule has 0 fully saturated rings. The summed E-state index contributed by atoms with van der Waals surface area (Å²) in [4.78, 5) is 25.0. The van der Waals surface area contributed by atoms with Crippen LogP contribution in [0, 0.1) is 0 Å². The van der Waals surface area contributed by atoms with Crippen molar-refractivity contribution in [3.63, 3.8) is 0 Å². The van der Waals surface area contributed by atoms with Crippen molar-refractivity contribution in [1.29, 1.82) is 0 Å². The van der Waals surface area contributed by atoms with Crippen LogP contribution in [0.4, 0.5) is 5.69 Å². The summed E-state index contributed by atoms with van der Waals surface area (Å²) in [6.45, 7) is 1.79. The van der Waals surface area contributed by atoms with Crippen LogP contribution in [0.15, 0.2) is 75.6 Å². The van der Waals surface area contributed by atoms with Crippen molar-refractivity contribution in [2.75, 3.05) is 5.32 Å². The van der Waals surface area contributed by atoms with Gasteiger partial charge < -0.3 is 5.32 Å². The third kappa shape index (κ3) is 5.12. The maximum Gasteiger partial charge on any atom is 0.271 e. The Morgan fingerprint density at radius 2 is 1.74 bits per heavy atom. The number of thiophene rings is 1. The maximum atomic E-state index is 12.2. The van der Waals surface area contributed by atoms with E-state index in [0.29, 0.717) is 21.8 Å². The average Bonchev–Trinajstić information content (AvgIpc) is 3.21. The molecule has 0 spiro atoms. The van der Waals surface area contributed by atoms with Crippen LogP contribution in [-0.4, -0.2) is 17.5 Å². The highest BCUT2D eigenvalue weighted by Crippen LogP contribution is 2.16. The Labute approximate surface area is 169 Å². The molecule has 7 heteroatoms. The van der Waals surface area contributed by atoms with E-state index in [9.17, 15) is 9.59 Å². The molecule has 3 aromatic rings. The number of carbonyl (C=O) groups is 2. The fourth-order valence-corrected chi connectivity index (χ4v) is 3.33. The highest BCUT2D eigenvalue weighted by atomic mass is 79.9. The first-order valence-electron chi connectivity index (χ1n) is 8.08. The Hall–Kier alpha value is -2.77. The molecular weight excluding hydrogens is 426 g/mol. The molecule has 1 aromatic heterocycles. The summed E-state index contributed by atoms with van der Waals surface area (Å²) >= 11 is 4.72. The number of anilines is 1. The van der Waals surface area contributed by atoms with E-state index >= 15 is 0 Å². The van der Waals surface area contributed by atoms with Crippen LogP contribution in [-0.2, 0) is 0 Å². The summed E-state index contributed by atoms with van der Waals surface area (Å²) in [6.07, 6.45) is 0. The van der Waals surface area contributed by atoms with Gasteiger partial charge in [0.2, 0.25) is 0 Å². The van der Waals surface area contributed by atoms with Gasteiger partial charge in [0.05, 0.1) is 10.6 Å².